The Kier molecular flexibility index (Phi) is 6.14. The van der Waals surface area contributed by atoms with Gasteiger partial charge in [-0.3, -0.25) is 9.52 Å². The zero-order valence-electron chi connectivity index (χ0n) is 18.6. The highest BCUT2D eigenvalue weighted by Gasteiger charge is 2.20. The van der Waals surface area contributed by atoms with Gasteiger partial charge in [-0.05, 0) is 43.2 Å². The van der Waals surface area contributed by atoms with Crippen molar-refractivity contribution < 1.29 is 22.7 Å². The van der Waals surface area contributed by atoms with Gasteiger partial charge in [0.05, 0.1) is 30.3 Å². The van der Waals surface area contributed by atoms with Crippen molar-refractivity contribution in [2.75, 3.05) is 17.9 Å². The number of aryl methyl sites for hydroxylation is 2. The number of ether oxygens (including phenoxy) is 2. The maximum atomic E-state index is 12.9. The van der Waals surface area contributed by atoms with Crippen LogP contribution in [0.25, 0.3) is 0 Å². The summed E-state index contributed by atoms with van der Waals surface area (Å²) in [6, 6.07) is 10.9. The Hall–Kier alpha value is -3.53. The van der Waals surface area contributed by atoms with E-state index in [1.807, 2.05) is 6.20 Å². The molecule has 0 radical (unpaired) electrons. The molecule has 0 bridgehead atoms. The third-order valence-electron chi connectivity index (χ3n) is 5.79. The van der Waals surface area contributed by atoms with Crippen LogP contribution in [0.3, 0.4) is 0 Å². The first-order valence-electron chi connectivity index (χ1n) is 11.3. The van der Waals surface area contributed by atoms with E-state index in [1.165, 1.54) is 18.2 Å². The summed E-state index contributed by atoms with van der Waals surface area (Å²) in [5, 5.41) is 2.86. The number of carbonyl (C=O) groups is 1. The van der Waals surface area contributed by atoms with Crippen molar-refractivity contribution in [1.29, 1.82) is 0 Å². The number of anilines is 1. The number of fused-ring (bicyclic) bond motifs is 2. The number of carbonyl (C=O) groups excluding carboxylic acids is 1. The molecular weight excluding hydrogens is 456 g/mol. The summed E-state index contributed by atoms with van der Waals surface area (Å²) in [5.74, 6) is 1.67. The molecule has 2 aromatic carbocycles. The molecule has 3 aromatic rings. The molecule has 10 heteroatoms. The van der Waals surface area contributed by atoms with E-state index < -0.39 is 10.0 Å². The molecule has 2 aliphatic rings. The van der Waals surface area contributed by atoms with Crippen molar-refractivity contribution in [1.82, 2.24) is 14.9 Å². The molecule has 0 saturated heterocycles. The van der Waals surface area contributed by atoms with Gasteiger partial charge in [0.25, 0.3) is 15.9 Å². The Labute approximate surface area is 198 Å². The summed E-state index contributed by atoms with van der Waals surface area (Å²) >= 11 is 0. The van der Waals surface area contributed by atoms with Gasteiger partial charge in [-0.15, -0.1) is 0 Å². The van der Waals surface area contributed by atoms with E-state index in [1.54, 1.807) is 24.3 Å². The molecule has 0 aliphatic carbocycles. The van der Waals surface area contributed by atoms with Gasteiger partial charge in [0.15, 0.2) is 11.5 Å². The largest absolute Gasteiger partial charge is 0.490 e. The predicted octanol–water partition coefficient (Wildman–Crippen LogP) is 3.11. The van der Waals surface area contributed by atoms with E-state index >= 15 is 0 Å². The second kappa shape index (κ2) is 9.38. The minimum atomic E-state index is -3.89. The molecule has 178 valence electrons. The molecule has 1 aromatic heterocycles. The summed E-state index contributed by atoms with van der Waals surface area (Å²) in [6.07, 6.45) is 5.95. The van der Waals surface area contributed by atoms with Gasteiger partial charge in [0.2, 0.25) is 0 Å². The molecule has 3 heterocycles. The summed E-state index contributed by atoms with van der Waals surface area (Å²) in [7, 11) is -3.89. The van der Waals surface area contributed by atoms with Crippen LogP contribution in [0, 0.1) is 0 Å². The first-order chi connectivity index (χ1) is 16.5. The second-order valence-electron chi connectivity index (χ2n) is 8.33. The highest BCUT2D eigenvalue weighted by Crippen LogP contribution is 2.32. The van der Waals surface area contributed by atoms with E-state index in [9.17, 15) is 13.2 Å². The van der Waals surface area contributed by atoms with E-state index in [0.717, 1.165) is 43.7 Å². The fraction of sp³-hybridized carbons (Fsp3) is 0.333. The Balaban J connectivity index is 1.26. The van der Waals surface area contributed by atoms with Gasteiger partial charge in [-0.2, -0.15) is 0 Å². The normalized spacial score (nSPS) is 15.2. The minimum absolute atomic E-state index is 0.0513. The molecule has 34 heavy (non-hydrogen) atoms. The lowest BCUT2D eigenvalue weighted by molar-refractivity contribution is 0.0950. The molecule has 0 unspecified atom stereocenters. The van der Waals surface area contributed by atoms with Crippen LogP contribution < -0.4 is 19.5 Å². The van der Waals surface area contributed by atoms with Crippen molar-refractivity contribution in [3.63, 3.8) is 0 Å². The molecule has 0 atom stereocenters. The average molecular weight is 483 g/mol. The Morgan fingerprint density at radius 1 is 1.03 bits per heavy atom. The van der Waals surface area contributed by atoms with Crippen LogP contribution in [0.1, 0.15) is 41.1 Å². The van der Waals surface area contributed by atoms with Crippen LogP contribution in [0.2, 0.25) is 0 Å². The second-order valence-corrected chi connectivity index (χ2v) is 10.0. The standard InChI is InChI=1S/C24H26N4O5S/c29-24(25-15-19-16-28-10-2-1-7-23(28)26-19)17-5-3-6-18(13-17)27-34(30,31)20-8-9-21-22(14-20)33-12-4-11-32-21/h3,5-6,8-9,13-14,16,27H,1-2,4,7,10-12,15H2,(H,25,29). The molecular formula is C24H26N4O5S. The molecule has 2 N–H and O–H groups in total. The Bertz CT molecular complexity index is 1300. The van der Waals surface area contributed by atoms with Crippen LogP contribution in [0.5, 0.6) is 11.5 Å². The molecule has 0 fully saturated rings. The lowest BCUT2D eigenvalue weighted by Crippen LogP contribution is -2.23. The SMILES string of the molecule is O=C(NCc1cn2c(n1)CCCC2)c1cccc(NS(=O)(=O)c2ccc3c(c2)OCCCO3)c1. The van der Waals surface area contributed by atoms with E-state index in [4.69, 9.17) is 9.47 Å². The zero-order chi connectivity index (χ0) is 23.5. The Morgan fingerprint density at radius 2 is 1.88 bits per heavy atom. The van der Waals surface area contributed by atoms with Crippen LogP contribution >= 0.6 is 0 Å². The van der Waals surface area contributed by atoms with Crippen molar-refractivity contribution in [2.45, 2.75) is 43.7 Å². The molecule has 0 saturated carbocycles. The number of benzene rings is 2. The van der Waals surface area contributed by atoms with Crippen LogP contribution in [-0.4, -0.2) is 37.1 Å². The summed E-state index contributed by atoms with van der Waals surface area (Å²) in [4.78, 5) is 17.3. The number of amides is 1. The lowest BCUT2D eigenvalue weighted by Gasteiger charge is -2.12. The fourth-order valence-electron chi connectivity index (χ4n) is 4.08. The first kappa shape index (κ1) is 22.3. The van der Waals surface area contributed by atoms with Gasteiger partial charge < -0.3 is 19.4 Å². The summed E-state index contributed by atoms with van der Waals surface area (Å²) in [6.45, 7) is 2.26. The van der Waals surface area contributed by atoms with Gasteiger partial charge in [-0.1, -0.05) is 6.07 Å². The number of nitrogens with one attached hydrogen (secondary N) is 2. The van der Waals surface area contributed by atoms with E-state index in [0.29, 0.717) is 36.8 Å². The highest BCUT2D eigenvalue weighted by molar-refractivity contribution is 7.92. The number of hydrogen-bond donors (Lipinski definition) is 2. The molecule has 2 aliphatic heterocycles. The van der Waals surface area contributed by atoms with Crippen molar-refractivity contribution in [3.8, 4) is 11.5 Å². The molecule has 0 spiro atoms. The maximum absolute atomic E-state index is 12.9. The zero-order valence-corrected chi connectivity index (χ0v) is 19.4. The van der Waals surface area contributed by atoms with Gasteiger partial charge in [-0.25, -0.2) is 13.4 Å². The quantitative estimate of drug-likeness (QED) is 0.559. The number of rotatable bonds is 6. The Morgan fingerprint density at radius 3 is 2.74 bits per heavy atom. The molecule has 9 nitrogen and oxygen atoms in total. The van der Waals surface area contributed by atoms with Crippen molar-refractivity contribution >= 4 is 21.6 Å². The average Bonchev–Trinajstić information content (AvgIpc) is 3.11. The molecule has 1 amide bonds. The monoisotopic (exact) mass is 482 g/mol. The fourth-order valence-corrected chi connectivity index (χ4v) is 5.14. The van der Waals surface area contributed by atoms with Crippen LogP contribution in [0.4, 0.5) is 5.69 Å². The summed E-state index contributed by atoms with van der Waals surface area (Å²) < 4.78 is 41.7. The van der Waals surface area contributed by atoms with Crippen LogP contribution in [0.15, 0.2) is 53.6 Å². The highest BCUT2D eigenvalue weighted by atomic mass is 32.2. The summed E-state index contributed by atoms with van der Waals surface area (Å²) in [5.41, 5.74) is 1.46. The topological polar surface area (TPSA) is 112 Å². The number of hydrogen-bond acceptors (Lipinski definition) is 6. The maximum Gasteiger partial charge on any atom is 0.262 e. The first-order valence-corrected chi connectivity index (χ1v) is 12.8. The van der Waals surface area contributed by atoms with Gasteiger partial charge in [0.1, 0.15) is 5.82 Å². The number of aromatic nitrogens is 2. The molecule has 5 rings (SSSR count). The van der Waals surface area contributed by atoms with E-state index in [2.05, 4.69) is 19.6 Å². The third-order valence-corrected chi connectivity index (χ3v) is 7.17. The smallest absolute Gasteiger partial charge is 0.262 e. The van der Waals surface area contributed by atoms with Gasteiger partial charge >= 0.3 is 0 Å². The van der Waals surface area contributed by atoms with Gasteiger partial charge in [0, 0.05) is 42.9 Å². The van der Waals surface area contributed by atoms with E-state index in [-0.39, 0.29) is 16.5 Å². The third kappa shape index (κ3) is 4.86. The lowest BCUT2D eigenvalue weighted by atomic mass is 10.2. The predicted molar refractivity (Wildman–Crippen MR) is 126 cm³/mol. The van der Waals surface area contributed by atoms with Crippen LogP contribution in [-0.2, 0) is 29.5 Å². The minimum Gasteiger partial charge on any atom is -0.490 e. The number of nitrogens with zero attached hydrogens (tertiary/aromatic N) is 2. The van der Waals surface area contributed by atoms with Crippen molar-refractivity contribution in [2.24, 2.45) is 0 Å². The number of sulfonamides is 1. The van der Waals surface area contributed by atoms with Crippen molar-refractivity contribution in [3.05, 3.63) is 65.7 Å². The number of imidazole rings is 1.